The fourth-order valence-corrected chi connectivity index (χ4v) is 2.82. The van der Waals surface area contributed by atoms with Crippen molar-refractivity contribution < 1.29 is 9.59 Å². The first-order chi connectivity index (χ1) is 11.2. The van der Waals surface area contributed by atoms with Gasteiger partial charge in [-0.25, -0.2) is 0 Å². The Hall–Kier alpha value is -1.91. The van der Waals surface area contributed by atoms with Crippen molar-refractivity contribution in [1.82, 2.24) is 15.2 Å². The smallest absolute Gasteiger partial charge is 0.255 e. The molecule has 0 atom stereocenters. The zero-order valence-electron chi connectivity index (χ0n) is 14.0. The molecule has 1 saturated heterocycles. The van der Waals surface area contributed by atoms with Crippen LogP contribution in [-0.2, 0) is 0 Å². The first-order valence-electron chi connectivity index (χ1n) is 8.75. The highest BCUT2D eigenvalue weighted by molar-refractivity contribution is 5.99. The molecule has 0 unspecified atom stereocenters. The Balaban J connectivity index is 1.97. The van der Waals surface area contributed by atoms with Crippen LogP contribution in [0.1, 0.15) is 72.6 Å². The monoisotopic (exact) mass is 317 g/mol. The van der Waals surface area contributed by atoms with Crippen LogP contribution < -0.4 is 5.32 Å². The molecule has 5 heteroatoms. The fourth-order valence-electron chi connectivity index (χ4n) is 2.82. The Bertz CT molecular complexity index is 523. The van der Waals surface area contributed by atoms with Gasteiger partial charge in [-0.05, 0) is 25.3 Å². The van der Waals surface area contributed by atoms with Gasteiger partial charge in [0.15, 0.2) is 0 Å². The SMILES string of the molecule is CCCCCNC(=O)c1cncc(C(=O)N2CCCCCC2)c1. The van der Waals surface area contributed by atoms with E-state index in [0.29, 0.717) is 17.7 Å². The van der Waals surface area contributed by atoms with Gasteiger partial charge in [-0.15, -0.1) is 0 Å². The Morgan fingerprint density at radius 2 is 1.78 bits per heavy atom. The maximum Gasteiger partial charge on any atom is 0.255 e. The van der Waals surface area contributed by atoms with Gasteiger partial charge >= 0.3 is 0 Å². The van der Waals surface area contributed by atoms with E-state index in [0.717, 1.165) is 45.2 Å². The van der Waals surface area contributed by atoms with Gasteiger partial charge in [-0.1, -0.05) is 32.6 Å². The number of likely N-dealkylation sites (tertiary alicyclic amines) is 1. The molecule has 1 N–H and O–H groups in total. The predicted octanol–water partition coefficient (Wildman–Crippen LogP) is 3.02. The van der Waals surface area contributed by atoms with Crippen LogP contribution in [0, 0.1) is 0 Å². The number of pyridine rings is 1. The average molecular weight is 317 g/mol. The summed E-state index contributed by atoms with van der Waals surface area (Å²) >= 11 is 0. The molecule has 0 saturated carbocycles. The minimum absolute atomic E-state index is 0.0139. The molecule has 2 rings (SSSR count). The number of hydrogen-bond donors (Lipinski definition) is 1. The molecule has 0 aromatic carbocycles. The molecule has 5 nitrogen and oxygen atoms in total. The molecule has 0 radical (unpaired) electrons. The molecule has 1 fully saturated rings. The Labute approximate surface area is 138 Å². The number of aromatic nitrogens is 1. The van der Waals surface area contributed by atoms with Gasteiger partial charge in [-0.3, -0.25) is 14.6 Å². The molecule has 0 bridgehead atoms. The first kappa shape index (κ1) is 17.4. The summed E-state index contributed by atoms with van der Waals surface area (Å²) in [7, 11) is 0. The summed E-state index contributed by atoms with van der Waals surface area (Å²) in [6.45, 7) is 4.39. The third-order valence-corrected chi connectivity index (χ3v) is 4.21. The van der Waals surface area contributed by atoms with Crippen molar-refractivity contribution >= 4 is 11.8 Å². The number of unbranched alkanes of at least 4 members (excludes halogenated alkanes) is 2. The Morgan fingerprint density at radius 3 is 2.48 bits per heavy atom. The van der Waals surface area contributed by atoms with E-state index in [-0.39, 0.29) is 11.8 Å². The van der Waals surface area contributed by atoms with E-state index in [2.05, 4.69) is 17.2 Å². The predicted molar refractivity (Wildman–Crippen MR) is 90.5 cm³/mol. The third kappa shape index (κ3) is 5.34. The molecule has 0 spiro atoms. The molecular weight excluding hydrogens is 290 g/mol. The van der Waals surface area contributed by atoms with Crippen LogP contribution in [0.15, 0.2) is 18.5 Å². The summed E-state index contributed by atoms with van der Waals surface area (Å²) in [6.07, 6.45) is 10.7. The first-order valence-corrected chi connectivity index (χ1v) is 8.75. The lowest BCUT2D eigenvalue weighted by Gasteiger charge is -2.20. The molecule has 1 aromatic rings. The topological polar surface area (TPSA) is 62.3 Å². The van der Waals surface area contributed by atoms with Crippen LogP contribution in [0.25, 0.3) is 0 Å². The highest BCUT2D eigenvalue weighted by Crippen LogP contribution is 2.13. The maximum absolute atomic E-state index is 12.6. The van der Waals surface area contributed by atoms with Crippen LogP contribution in [-0.4, -0.2) is 41.3 Å². The van der Waals surface area contributed by atoms with Crippen molar-refractivity contribution in [2.45, 2.75) is 51.9 Å². The zero-order valence-corrected chi connectivity index (χ0v) is 14.0. The Kier molecular flexibility index (Phi) is 7.04. The largest absolute Gasteiger partial charge is 0.352 e. The molecular formula is C18H27N3O2. The summed E-state index contributed by atoms with van der Waals surface area (Å²) in [5, 5.41) is 2.89. The molecule has 1 aliphatic rings. The van der Waals surface area contributed by atoms with Gasteiger partial charge in [0.2, 0.25) is 0 Å². The van der Waals surface area contributed by atoms with Crippen LogP contribution in [0.3, 0.4) is 0 Å². The number of nitrogens with zero attached hydrogens (tertiary/aromatic N) is 2. The Morgan fingerprint density at radius 1 is 1.09 bits per heavy atom. The second kappa shape index (κ2) is 9.28. The van der Waals surface area contributed by atoms with E-state index in [4.69, 9.17) is 0 Å². The van der Waals surface area contributed by atoms with Gasteiger partial charge in [0.1, 0.15) is 0 Å². The molecule has 2 heterocycles. The van der Waals surface area contributed by atoms with Crippen molar-refractivity contribution in [3.8, 4) is 0 Å². The maximum atomic E-state index is 12.6. The molecule has 1 aromatic heterocycles. The average Bonchev–Trinajstić information content (AvgIpc) is 2.87. The van der Waals surface area contributed by atoms with Gasteiger partial charge in [-0.2, -0.15) is 0 Å². The lowest BCUT2D eigenvalue weighted by molar-refractivity contribution is 0.0761. The highest BCUT2D eigenvalue weighted by atomic mass is 16.2. The highest BCUT2D eigenvalue weighted by Gasteiger charge is 2.18. The number of nitrogens with one attached hydrogen (secondary N) is 1. The summed E-state index contributed by atoms with van der Waals surface area (Å²) in [5.41, 5.74) is 0.968. The van der Waals surface area contributed by atoms with E-state index < -0.39 is 0 Å². The number of carbonyl (C=O) groups excluding carboxylic acids is 2. The van der Waals surface area contributed by atoms with E-state index in [9.17, 15) is 9.59 Å². The summed E-state index contributed by atoms with van der Waals surface area (Å²) in [5.74, 6) is -0.167. The van der Waals surface area contributed by atoms with E-state index >= 15 is 0 Å². The summed E-state index contributed by atoms with van der Waals surface area (Å²) in [6, 6.07) is 1.66. The minimum atomic E-state index is -0.154. The second-order valence-electron chi connectivity index (χ2n) is 6.13. The van der Waals surface area contributed by atoms with Crippen molar-refractivity contribution in [2.75, 3.05) is 19.6 Å². The van der Waals surface area contributed by atoms with Crippen LogP contribution in [0.4, 0.5) is 0 Å². The van der Waals surface area contributed by atoms with Crippen molar-refractivity contribution in [1.29, 1.82) is 0 Å². The second-order valence-corrected chi connectivity index (χ2v) is 6.13. The number of hydrogen-bond acceptors (Lipinski definition) is 3. The third-order valence-electron chi connectivity index (χ3n) is 4.21. The lowest BCUT2D eigenvalue weighted by atomic mass is 10.1. The van der Waals surface area contributed by atoms with Crippen molar-refractivity contribution in [3.05, 3.63) is 29.6 Å². The molecule has 0 aliphatic carbocycles. The number of amides is 2. The van der Waals surface area contributed by atoms with E-state index in [1.165, 1.54) is 19.0 Å². The van der Waals surface area contributed by atoms with Crippen molar-refractivity contribution in [2.24, 2.45) is 0 Å². The summed E-state index contributed by atoms with van der Waals surface area (Å²) < 4.78 is 0. The van der Waals surface area contributed by atoms with Gasteiger partial charge in [0.05, 0.1) is 11.1 Å². The molecule has 126 valence electrons. The van der Waals surface area contributed by atoms with E-state index in [1.807, 2.05) is 4.90 Å². The van der Waals surface area contributed by atoms with Crippen LogP contribution in [0.2, 0.25) is 0 Å². The van der Waals surface area contributed by atoms with Crippen molar-refractivity contribution in [3.63, 3.8) is 0 Å². The van der Waals surface area contributed by atoms with E-state index in [1.54, 1.807) is 12.3 Å². The van der Waals surface area contributed by atoms with Gasteiger partial charge in [0.25, 0.3) is 11.8 Å². The standard InChI is InChI=1S/C18H27N3O2/c1-2-3-6-9-20-17(22)15-12-16(14-19-13-15)18(23)21-10-7-4-5-8-11-21/h12-14H,2-11H2,1H3,(H,20,22). The quantitative estimate of drug-likeness (QED) is 0.820. The zero-order chi connectivity index (χ0) is 16.5. The summed E-state index contributed by atoms with van der Waals surface area (Å²) in [4.78, 5) is 30.7. The minimum Gasteiger partial charge on any atom is -0.352 e. The lowest BCUT2D eigenvalue weighted by Crippen LogP contribution is -2.32. The molecule has 23 heavy (non-hydrogen) atoms. The van der Waals surface area contributed by atoms with Crippen LogP contribution in [0.5, 0.6) is 0 Å². The molecule has 1 aliphatic heterocycles. The fraction of sp³-hybridized carbons (Fsp3) is 0.611. The number of rotatable bonds is 6. The number of carbonyl (C=O) groups is 2. The molecule has 2 amide bonds. The van der Waals surface area contributed by atoms with Gasteiger partial charge < -0.3 is 10.2 Å². The van der Waals surface area contributed by atoms with Crippen LogP contribution >= 0.6 is 0 Å². The normalized spacial score (nSPS) is 15.1. The van der Waals surface area contributed by atoms with Gasteiger partial charge in [0, 0.05) is 32.0 Å².